The fourth-order valence-corrected chi connectivity index (χ4v) is 8.75. The van der Waals surface area contributed by atoms with Gasteiger partial charge in [0, 0.05) is 13.0 Å². The van der Waals surface area contributed by atoms with Crippen molar-refractivity contribution < 1.29 is 53.1 Å². The predicted octanol–water partition coefficient (Wildman–Crippen LogP) is 2.37. The maximum atomic E-state index is 14.3. The van der Waals surface area contributed by atoms with E-state index < -0.39 is 119 Å². The first-order chi connectivity index (χ1) is 33.9. The molecule has 10 atom stereocenters. The Labute approximate surface area is 434 Å². The Morgan fingerprint density at radius 2 is 0.890 bits per heavy atom. The molecule has 0 unspecified atom stereocenters. The van der Waals surface area contributed by atoms with Gasteiger partial charge in [-0.3, -0.25) is 43.2 Å². The maximum Gasteiger partial charge on any atom is 0.326 e. The van der Waals surface area contributed by atoms with Crippen LogP contribution in [0.3, 0.4) is 0 Å². The lowest BCUT2D eigenvalue weighted by atomic mass is 9.95. The molecule has 1 aliphatic heterocycles. The van der Waals surface area contributed by atoms with Gasteiger partial charge in [-0.25, -0.2) is 4.79 Å². The molecular weight excluding hydrogens is 941 g/mol. The summed E-state index contributed by atoms with van der Waals surface area (Å²) >= 11 is 0. The minimum absolute atomic E-state index is 0.0122. The number of carbonyl (C=O) groups excluding carboxylic acids is 9. The average Bonchev–Trinajstić information content (AvgIpc) is 3.77. The molecule has 1 saturated heterocycles. The standard InChI is InChI=1S/C52H94N10O11/c1-15-33(14)43(50(70)58-38(24-30(8)9)47(67)56-36(22-28(4)5)48(68)60-40(52(72)73)26-32(12)13)61-45(65)35(18-19-42(54)63)55-46(66)37(23-29(6)7)57-49(69)41-17-16-20-62(41)51(71)39(25-31(10)11)59-44(64)34(53)21-27(2)3/h27-41,43H,15-26,53H2,1-14H3,(H2,54,63)(H,55,66)(H,56,67)(H,57,69)(H,58,70)(H,59,64)(H,60,68)(H,61,65)(H,72,73)/t33-,34-,35-,36-,37-,38-,39-,40-,41-,43-/m0/s1. The van der Waals surface area contributed by atoms with Crippen molar-refractivity contribution in [1.29, 1.82) is 0 Å². The normalized spacial score (nSPS) is 17.5. The van der Waals surface area contributed by atoms with Crippen molar-refractivity contribution in [2.45, 2.75) is 222 Å². The molecule has 21 nitrogen and oxygen atoms in total. The van der Waals surface area contributed by atoms with Crippen molar-refractivity contribution in [3.8, 4) is 0 Å². The summed E-state index contributed by atoms with van der Waals surface area (Å²) in [5.41, 5.74) is 11.7. The summed E-state index contributed by atoms with van der Waals surface area (Å²) in [5, 5.41) is 28.8. The van der Waals surface area contributed by atoms with Crippen LogP contribution in [-0.4, -0.2) is 130 Å². The van der Waals surface area contributed by atoms with E-state index in [2.05, 4.69) is 37.2 Å². The molecule has 1 rings (SSSR count). The van der Waals surface area contributed by atoms with Crippen molar-refractivity contribution in [1.82, 2.24) is 42.1 Å². The molecule has 1 heterocycles. The quantitative estimate of drug-likeness (QED) is 0.0453. The zero-order valence-corrected chi connectivity index (χ0v) is 46.4. The van der Waals surface area contributed by atoms with E-state index in [1.54, 1.807) is 13.8 Å². The molecule has 1 fully saturated rings. The highest BCUT2D eigenvalue weighted by Crippen LogP contribution is 2.22. The van der Waals surface area contributed by atoms with Gasteiger partial charge in [-0.15, -0.1) is 0 Å². The van der Waals surface area contributed by atoms with E-state index in [0.29, 0.717) is 32.1 Å². The second-order valence-corrected chi connectivity index (χ2v) is 22.7. The van der Waals surface area contributed by atoms with Gasteiger partial charge in [-0.2, -0.15) is 0 Å². The Bertz CT molecular complexity index is 1860. The monoisotopic (exact) mass is 1030 g/mol. The summed E-state index contributed by atoms with van der Waals surface area (Å²) in [6, 6.07) is -10.1. The summed E-state index contributed by atoms with van der Waals surface area (Å²) in [5.74, 6) is -7.95. The number of rotatable bonds is 33. The van der Waals surface area contributed by atoms with Crippen LogP contribution < -0.4 is 48.7 Å². The third kappa shape index (κ3) is 24.0. The number of aliphatic carboxylic acids is 1. The number of carbonyl (C=O) groups is 10. The first kappa shape index (κ1) is 65.7. The van der Waals surface area contributed by atoms with Crippen molar-refractivity contribution in [3.05, 3.63) is 0 Å². The molecule has 1 aliphatic rings. The van der Waals surface area contributed by atoms with Crippen molar-refractivity contribution in [3.63, 3.8) is 0 Å². The van der Waals surface area contributed by atoms with Crippen LogP contribution in [0.15, 0.2) is 0 Å². The molecule has 21 heteroatoms. The Morgan fingerprint density at radius 1 is 0.507 bits per heavy atom. The van der Waals surface area contributed by atoms with E-state index in [-0.39, 0.29) is 80.6 Å². The van der Waals surface area contributed by atoms with Gasteiger partial charge in [0.05, 0.1) is 6.04 Å². The van der Waals surface area contributed by atoms with E-state index >= 15 is 0 Å². The lowest BCUT2D eigenvalue weighted by Gasteiger charge is -2.32. The van der Waals surface area contributed by atoms with Gasteiger partial charge in [0.25, 0.3) is 0 Å². The van der Waals surface area contributed by atoms with Crippen LogP contribution in [0, 0.1) is 41.4 Å². The van der Waals surface area contributed by atoms with Crippen LogP contribution in [0.5, 0.6) is 0 Å². The van der Waals surface area contributed by atoms with Crippen molar-refractivity contribution >= 4 is 59.1 Å². The Morgan fingerprint density at radius 3 is 1.33 bits per heavy atom. The molecular formula is C52H94N10O11. The lowest BCUT2D eigenvalue weighted by Crippen LogP contribution is -2.61. The number of nitrogens with two attached hydrogens (primary N) is 2. The molecule has 73 heavy (non-hydrogen) atoms. The second-order valence-electron chi connectivity index (χ2n) is 22.7. The van der Waals surface area contributed by atoms with Gasteiger partial charge in [0.2, 0.25) is 53.2 Å². The van der Waals surface area contributed by atoms with Gasteiger partial charge in [0.15, 0.2) is 0 Å². The summed E-state index contributed by atoms with van der Waals surface area (Å²) < 4.78 is 0. The third-order valence-corrected chi connectivity index (χ3v) is 12.7. The zero-order valence-electron chi connectivity index (χ0n) is 46.4. The molecule has 0 radical (unpaired) electrons. The molecule has 418 valence electrons. The number of nitrogens with zero attached hydrogens (tertiary/aromatic N) is 1. The van der Waals surface area contributed by atoms with Crippen LogP contribution in [0.4, 0.5) is 0 Å². The van der Waals surface area contributed by atoms with Crippen LogP contribution >= 0.6 is 0 Å². The fourth-order valence-electron chi connectivity index (χ4n) is 8.75. The number of nitrogens with one attached hydrogen (secondary N) is 7. The molecule has 0 aromatic heterocycles. The summed E-state index contributed by atoms with van der Waals surface area (Å²) in [4.78, 5) is 137. The molecule has 0 bridgehead atoms. The summed E-state index contributed by atoms with van der Waals surface area (Å²) in [6.45, 7) is 26.1. The van der Waals surface area contributed by atoms with Crippen LogP contribution in [0.25, 0.3) is 0 Å². The minimum Gasteiger partial charge on any atom is -0.480 e. The van der Waals surface area contributed by atoms with E-state index in [9.17, 15) is 53.1 Å². The fraction of sp³-hybridized carbons (Fsp3) is 0.808. The Balaban J connectivity index is 3.46. The zero-order chi connectivity index (χ0) is 56.0. The molecule has 0 aromatic carbocycles. The summed E-state index contributed by atoms with van der Waals surface area (Å²) in [6.07, 6.45) is 1.90. The largest absolute Gasteiger partial charge is 0.480 e. The van der Waals surface area contributed by atoms with Crippen LogP contribution in [0.2, 0.25) is 0 Å². The number of carboxylic acids is 1. The maximum absolute atomic E-state index is 14.3. The van der Waals surface area contributed by atoms with E-state index in [1.165, 1.54) is 4.90 Å². The molecule has 0 saturated carbocycles. The highest BCUT2D eigenvalue weighted by atomic mass is 16.4. The van der Waals surface area contributed by atoms with Gasteiger partial charge in [-0.05, 0) is 99.2 Å². The van der Waals surface area contributed by atoms with Gasteiger partial charge in [0.1, 0.15) is 48.3 Å². The number of hydrogen-bond donors (Lipinski definition) is 10. The first-order valence-electron chi connectivity index (χ1n) is 26.6. The van der Waals surface area contributed by atoms with Crippen molar-refractivity contribution in [2.24, 2.45) is 52.9 Å². The van der Waals surface area contributed by atoms with Crippen LogP contribution in [0.1, 0.15) is 168 Å². The van der Waals surface area contributed by atoms with Crippen LogP contribution in [-0.2, 0) is 47.9 Å². The van der Waals surface area contributed by atoms with E-state index in [1.807, 2.05) is 83.1 Å². The number of amides is 9. The minimum atomic E-state index is -1.42. The van der Waals surface area contributed by atoms with E-state index in [4.69, 9.17) is 11.5 Å². The highest BCUT2D eigenvalue weighted by molar-refractivity contribution is 5.98. The van der Waals surface area contributed by atoms with Gasteiger partial charge < -0.3 is 58.7 Å². The predicted molar refractivity (Wildman–Crippen MR) is 278 cm³/mol. The number of likely N-dealkylation sites (tertiary alicyclic amines) is 1. The number of carboxylic acid groups (broad SMARTS) is 1. The SMILES string of the molecule is CC[C@H](C)[C@H](NC(=O)[C@H](CCC(N)=O)NC(=O)[C@H](CC(C)C)NC(=O)[C@@H]1CCCN1C(=O)[C@H](CC(C)C)NC(=O)[C@@H](N)CC(C)C)C(=O)N[C@@H](CC(C)C)C(=O)N[C@@H](CC(C)C)C(=O)N[C@@H](CC(C)C)C(=O)O. The molecule has 0 aliphatic carbocycles. The lowest BCUT2D eigenvalue weighted by molar-refractivity contribution is -0.143. The Kier molecular flexibility index (Phi) is 28.9. The highest BCUT2D eigenvalue weighted by Gasteiger charge is 2.41. The topological polar surface area (TPSA) is 330 Å². The number of primary amides is 1. The molecule has 0 aromatic rings. The Hall–Kier alpha value is -5.34. The molecule has 9 amide bonds. The van der Waals surface area contributed by atoms with Gasteiger partial charge in [-0.1, -0.05) is 103 Å². The average molecular weight is 1040 g/mol. The van der Waals surface area contributed by atoms with Gasteiger partial charge >= 0.3 is 5.97 Å². The number of hydrogen-bond acceptors (Lipinski definition) is 11. The first-order valence-corrected chi connectivity index (χ1v) is 26.6. The summed E-state index contributed by atoms with van der Waals surface area (Å²) in [7, 11) is 0. The van der Waals surface area contributed by atoms with Crippen molar-refractivity contribution in [2.75, 3.05) is 6.54 Å². The third-order valence-electron chi connectivity index (χ3n) is 12.7. The van der Waals surface area contributed by atoms with E-state index in [0.717, 1.165) is 0 Å². The second kappa shape index (κ2) is 32.1. The smallest absolute Gasteiger partial charge is 0.326 e. The molecule has 12 N–H and O–H groups in total. The molecule has 0 spiro atoms.